The summed E-state index contributed by atoms with van der Waals surface area (Å²) in [7, 11) is 0. The lowest BCUT2D eigenvalue weighted by atomic mass is 10.0. The molecular formula is C15H19N3O2. The maximum absolute atomic E-state index is 11.9. The maximum atomic E-state index is 11.9. The predicted molar refractivity (Wildman–Crippen MR) is 76.8 cm³/mol. The van der Waals surface area contributed by atoms with Crippen molar-refractivity contribution in [1.82, 2.24) is 14.8 Å². The molecule has 0 radical (unpaired) electrons. The third-order valence-corrected chi connectivity index (χ3v) is 4.68. The van der Waals surface area contributed by atoms with Crippen molar-refractivity contribution in [2.24, 2.45) is 11.8 Å². The molecule has 5 heteroatoms. The number of hydrogen-bond acceptors (Lipinski definition) is 4. The quantitative estimate of drug-likeness (QED) is 0.896. The van der Waals surface area contributed by atoms with E-state index >= 15 is 0 Å². The zero-order valence-corrected chi connectivity index (χ0v) is 11.4. The minimum Gasteiger partial charge on any atom is -0.408 e. The molecule has 1 N–H and O–H groups in total. The Bertz CT molecular complexity index is 663. The van der Waals surface area contributed by atoms with Gasteiger partial charge in [0.25, 0.3) is 0 Å². The molecule has 20 heavy (non-hydrogen) atoms. The van der Waals surface area contributed by atoms with Crippen molar-refractivity contribution < 1.29 is 4.42 Å². The van der Waals surface area contributed by atoms with Crippen LogP contribution in [0.4, 0.5) is 0 Å². The SMILES string of the molecule is O=c1oc2ccccc2n1CCN1CC2CNCC2C1. The molecule has 0 saturated carbocycles. The molecule has 0 amide bonds. The molecule has 5 nitrogen and oxygen atoms in total. The van der Waals surface area contributed by atoms with Gasteiger partial charge in [-0.3, -0.25) is 4.57 Å². The first-order chi connectivity index (χ1) is 9.81. The Hall–Kier alpha value is -1.59. The first-order valence-corrected chi connectivity index (χ1v) is 7.33. The zero-order chi connectivity index (χ0) is 13.5. The van der Waals surface area contributed by atoms with Crippen LogP contribution in [-0.2, 0) is 6.54 Å². The van der Waals surface area contributed by atoms with Gasteiger partial charge in [-0.15, -0.1) is 0 Å². The predicted octanol–water partition coefficient (Wildman–Crippen LogP) is 0.746. The highest BCUT2D eigenvalue weighted by Gasteiger charge is 2.35. The molecule has 2 saturated heterocycles. The Balaban J connectivity index is 1.49. The van der Waals surface area contributed by atoms with Gasteiger partial charge in [0.05, 0.1) is 5.52 Å². The van der Waals surface area contributed by atoms with Crippen molar-refractivity contribution in [2.75, 3.05) is 32.7 Å². The van der Waals surface area contributed by atoms with E-state index in [1.165, 1.54) is 0 Å². The van der Waals surface area contributed by atoms with Crippen LogP contribution in [0.5, 0.6) is 0 Å². The summed E-state index contributed by atoms with van der Waals surface area (Å²) in [5, 5.41) is 3.45. The fourth-order valence-corrected chi connectivity index (χ4v) is 3.60. The standard InChI is InChI=1S/C15H19N3O2/c19-15-18(13-3-1-2-4-14(13)20-15)6-5-17-9-11-7-16-8-12(11)10-17/h1-4,11-12,16H,5-10H2. The van der Waals surface area contributed by atoms with Gasteiger partial charge >= 0.3 is 5.76 Å². The maximum Gasteiger partial charge on any atom is 0.419 e. The lowest BCUT2D eigenvalue weighted by molar-refractivity contribution is 0.296. The third kappa shape index (κ3) is 1.98. The van der Waals surface area contributed by atoms with E-state index in [0.717, 1.165) is 50.1 Å². The molecule has 2 aliphatic rings. The van der Waals surface area contributed by atoms with E-state index in [9.17, 15) is 4.79 Å². The van der Waals surface area contributed by atoms with Gasteiger partial charge in [-0.25, -0.2) is 4.79 Å². The van der Waals surface area contributed by atoms with E-state index in [-0.39, 0.29) is 5.76 Å². The van der Waals surface area contributed by atoms with Gasteiger partial charge in [0.2, 0.25) is 0 Å². The number of benzene rings is 1. The first kappa shape index (κ1) is 12.2. The molecule has 0 aliphatic carbocycles. The van der Waals surface area contributed by atoms with E-state index in [1.54, 1.807) is 4.57 Å². The number of oxazole rings is 1. The van der Waals surface area contributed by atoms with E-state index in [1.807, 2.05) is 24.3 Å². The van der Waals surface area contributed by atoms with E-state index in [2.05, 4.69) is 10.2 Å². The summed E-state index contributed by atoms with van der Waals surface area (Å²) in [4.78, 5) is 14.4. The van der Waals surface area contributed by atoms with E-state index in [4.69, 9.17) is 4.42 Å². The molecule has 0 spiro atoms. The minimum atomic E-state index is -0.243. The van der Waals surface area contributed by atoms with Crippen molar-refractivity contribution in [2.45, 2.75) is 6.54 Å². The third-order valence-electron chi connectivity index (χ3n) is 4.68. The number of para-hydroxylation sites is 2. The van der Waals surface area contributed by atoms with Crippen LogP contribution < -0.4 is 11.1 Å². The first-order valence-electron chi connectivity index (χ1n) is 7.33. The topological polar surface area (TPSA) is 50.4 Å². The number of nitrogens with one attached hydrogen (secondary N) is 1. The number of nitrogens with zero attached hydrogens (tertiary/aromatic N) is 2. The van der Waals surface area contributed by atoms with Crippen molar-refractivity contribution in [3.8, 4) is 0 Å². The summed E-state index contributed by atoms with van der Waals surface area (Å²) < 4.78 is 7.02. The molecule has 106 valence electrons. The second-order valence-electron chi connectivity index (χ2n) is 5.93. The molecule has 1 aromatic heterocycles. The highest BCUT2D eigenvalue weighted by molar-refractivity contribution is 5.72. The number of hydrogen-bond donors (Lipinski definition) is 1. The van der Waals surface area contributed by atoms with E-state index < -0.39 is 0 Å². The Morgan fingerprint density at radius 2 is 1.90 bits per heavy atom. The average molecular weight is 273 g/mol. The van der Waals surface area contributed by atoms with Gasteiger partial charge in [-0.1, -0.05) is 12.1 Å². The normalized spacial score (nSPS) is 26.4. The van der Waals surface area contributed by atoms with Crippen molar-refractivity contribution in [3.05, 3.63) is 34.8 Å². The molecule has 2 aliphatic heterocycles. The van der Waals surface area contributed by atoms with Crippen LogP contribution in [-0.4, -0.2) is 42.2 Å². The largest absolute Gasteiger partial charge is 0.419 e. The number of rotatable bonds is 3. The lowest BCUT2D eigenvalue weighted by Gasteiger charge is -2.16. The molecule has 4 rings (SSSR count). The summed E-state index contributed by atoms with van der Waals surface area (Å²) in [6.07, 6.45) is 0. The molecule has 1 aromatic carbocycles. The van der Waals surface area contributed by atoms with E-state index in [0.29, 0.717) is 12.1 Å². The van der Waals surface area contributed by atoms with Crippen LogP contribution in [0.3, 0.4) is 0 Å². The molecular weight excluding hydrogens is 254 g/mol. The Kier molecular flexibility index (Phi) is 2.89. The average Bonchev–Trinajstić information content (AvgIpc) is 3.08. The summed E-state index contributed by atoms with van der Waals surface area (Å²) in [5.74, 6) is 1.35. The molecule has 2 atom stereocenters. The number of fused-ring (bicyclic) bond motifs is 2. The second kappa shape index (κ2) is 4.75. The van der Waals surface area contributed by atoms with Crippen LogP contribution in [0.15, 0.2) is 33.5 Å². The smallest absolute Gasteiger partial charge is 0.408 e. The lowest BCUT2D eigenvalue weighted by Crippen LogP contribution is -2.30. The molecule has 2 unspecified atom stereocenters. The summed E-state index contributed by atoms with van der Waals surface area (Å²) in [6.45, 7) is 6.25. The Morgan fingerprint density at radius 3 is 2.70 bits per heavy atom. The van der Waals surface area contributed by atoms with Gasteiger partial charge in [-0.2, -0.15) is 0 Å². The van der Waals surface area contributed by atoms with Gasteiger partial charge in [0, 0.05) is 26.2 Å². The highest BCUT2D eigenvalue weighted by atomic mass is 16.4. The van der Waals surface area contributed by atoms with Crippen LogP contribution in [0.2, 0.25) is 0 Å². The number of aromatic nitrogens is 1. The highest BCUT2D eigenvalue weighted by Crippen LogP contribution is 2.26. The van der Waals surface area contributed by atoms with Crippen LogP contribution >= 0.6 is 0 Å². The van der Waals surface area contributed by atoms with Crippen molar-refractivity contribution >= 4 is 11.1 Å². The van der Waals surface area contributed by atoms with Gasteiger partial charge in [0.1, 0.15) is 0 Å². The number of likely N-dealkylation sites (tertiary alicyclic amines) is 1. The summed E-state index contributed by atoms with van der Waals surface area (Å²) >= 11 is 0. The van der Waals surface area contributed by atoms with Crippen LogP contribution in [0.1, 0.15) is 0 Å². The molecule has 0 bridgehead atoms. The Labute approximate surface area is 117 Å². The van der Waals surface area contributed by atoms with Gasteiger partial charge in [-0.05, 0) is 37.1 Å². The second-order valence-corrected chi connectivity index (χ2v) is 5.93. The zero-order valence-electron chi connectivity index (χ0n) is 11.4. The van der Waals surface area contributed by atoms with Crippen molar-refractivity contribution in [1.29, 1.82) is 0 Å². The fourth-order valence-electron chi connectivity index (χ4n) is 3.60. The Morgan fingerprint density at radius 1 is 1.15 bits per heavy atom. The van der Waals surface area contributed by atoms with Crippen LogP contribution in [0, 0.1) is 11.8 Å². The fraction of sp³-hybridized carbons (Fsp3) is 0.533. The molecule has 2 fully saturated rings. The van der Waals surface area contributed by atoms with Gasteiger partial charge in [0.15, 0.2) is 5.58 Å². The van der Waals surface area contributed by atoms with Crippen molar-refractivity contribution in [3.63, 3.8) is 0 Å². The van der Waals surface area contributed by atoms with Gasteiger partial charge < -0.3 is 14.6 Å². The molecule has 3 heterocycles. The molecule has 2 aromatic rings. The van der Waals surface area contributed by atoms with Crippen LogP contribution in [0.25, 0.3) is 11.1 Å². The monoisotopic (exact) mass is 273 g/mol. The summed E-state index contributed by atoms with van der Waals surface area (Å²) in [5.41, 5.74) is 1.58. The summed E-state index contributed by atoms with van der Waals surface area (Å²) in [6, 6.07) is 7.63. The minimum absolute atomic E-state index is 0.243.